The van der Waals surface area contributed by atoms with Gasteiger partial charge in [-0.3, -0.25) is 24.6 Å². The second-order valence-corrected chi connectivity index (χ2v) is 8.29. The lowest BCUT2D eigenvalue weighted by Gasteiger charge is -2.44. The third kappa shape index (κ3) is 8.13. The van der Waals surface area contributed by atoms with Crippen LogP contribution in [0.15, 0.2) is 0 Å². The van der Waals surface area contributed by atoms with E-state index in [0.717, 1.165) is 27.7 Å². The van der Waals surface area contributed by atoms with Crippen LogP contribution in [0.2, 0.25) is 0 Å². The van der Waals surface area contributed by atoms with Crippen molar-refractivity contribution in [2.75, 3.05) is 6.61 Å². The second kappa shape index (κ2) is 11.0. The van der Waals surface area contributed by atoms with E-state index in [1.54, 1.807) is 0 Å². The molecule has 1 N–H and O–H groups in total. The molecule has 0 aromatic rings. The van der Waals surface area contributed by atoms with Crippen LogP contribution >= 0.6 is 34.8 Å². The summed E-state index contributed by atoms with van der Waals surface area (Å²) in [6.07, 6.45) is -7.25. The topological polar surface area (TPSA) is 148 Å². The molecule has 14 heteroatoms. The summed E-state index contributed by atoms with van der Waals surface area (Å²) in [5.41, 5.74) is 0. The lowest BCUT2D eigenvalue weighted by molar-refractivity contribution is -0.292. The lowest BCUT2D eigenvalue weighted by atomic mass is 9.98. The highest BCUT2D eigenvalue weighted by Crippen LogP contribution is 2.33. The van der Waals surface area contributed by atoms with Crippen LogP contribution in [-0.2, 0) is 47.6 Å². The number of rotatable bonds is 6. The first kappa shape index (κ1) is 26.2. The molecule has 0 amide bonds. The molecule has 1 aliphatic heterocycles. The van der Waals surface area contributed by atoms with Gasteiger partial charge in [-0.05, 0) is 0 Å². The molecule has 11 nitrogen and oxygen atoms in total. The van der Waals surface area contributed by atoms with Crippen molar-refractivity contribution in [3.8, 4) is 0 Å². The lowest BCUT2D eigenvalue weighted by Crippen LogP contribution is -2.63. The maximum Gasteiger partial charge on any atom is 0.303 e. The summed E-state index contributed by atoms with van der Waals surface area (Å²) in [7, 11) is 0. The van der Waals surface area contributed by atoms with Crippen molar-refractivity contribution in [1.29, 1.82) is 5.41 Å². The van der Waals surface area contributed by atoms with Crippen LogP contribution in [0.25, 0.3) is 0 Å². The third-order valence-electron chi connectivity index (χ3n) is 3.44. The summed E-state index contributed by atoms with van der Waals surface area (Å²) < 4.78 is 28.9. The zero-order valence-corrected chi connectivity index (χ0v) is 18.6. The van der Waals surface area contributed by atoms with Gasteiger partial charge in [0.05, 0.1) is 0 Å². The molecule has 3 unspecified atom stereocenters. The highest BCUT2D eigenvalue weighted by molar-refractivity contribution is 6.76. The average Bonchev–Trinajstić information content (AvgIpc) is 2.56. The molecular weight excluding hydrogens is 473 g/mol. The molecule has 0 spiro atoms. The van der Waals surface area contributed by atoms with Gasteiger partial charge < -0.3 is 28.4 Å². The van der Waals surface area contributed by atoms with Crippen LogP contribution < -0.4 is 0 Å². The van der Waals surface area contributed by atoms with Crippen LogP contribution in [0.5, 0.6) is 0 Å². The molecule has 30 heavy (non-hydrogen) atoms. The number of carbonyl (C=O) groups is 4. The molecule has 5 atom stereocenters. The number of nitrogens with one attached hydrogen (secondary N) is 1. The molecule has 0 bridgehead atoms. The molecule has 1 heterocycles. The van der Waals surface area contributed by atoms with Crippen LogP contribution in [0.3, 0.4) is 0 Å². The monoisotopic (exact) mass is 491 g/mol. The van der Waals surface area contributed by atoms with Crippen molar-refractivity contribution in [1.82, 2.24) is 0 Å². The van der Waals surface area contributed by atoms with Gasteiger partial charge >= 0.3 is 23.9 Å². The van der Waals surface area contributed by atoms with Gasteiger partial charge in [0.15, 0.2) is 12.2 Å². The maximum absolute atomic E-state index is 11.7. The molecule has 1 saturated heterocycles. The molecule has 0 radical (unpaired) electrons. The predicted octanol–water partition coefficient (Wildman–Crippen LogP) is 1.43. The first-order valence-corrected chi connectivity index (χ1v) is 9.48. The van der Waals surface area contributed by atoms with Gasteiger partial charge in [-0.25, -0.2) is 0 Å². The van der Waals surface area contributed by atoms with Crippen molar-refractivity contribution in [2.45, 2.75) is 62.2 Å². The Kier molecular flexibility index (Phi) is 9.60. The fourth-order valence-corrected chi connectivity index (χ4v) is 2.60. The van der Waals surface area contributed by atoms with E-state index in [9.17, 15) is 19.2 Å². The standard InChI is InChI=1S/C16H20Cl3NO10/c1-6(21)25-5-10-11(26-7(2)22)12(27-8(3)23)13(28-9(4)24)14(29-10)30-15(20)16(17,18)19/h10-14,20H,5H2,1-4H3/t10?,11-,12?,13?,14-/m1/s1. The zero-order valence-electron chi connectivity index (χ0n) is 16.3. The molecule has 0 aromatic carbocycles. The largest absolute Gasteiger partial charge is 0.463 e. The molecule has 1 aliphatic rings. The first-order valence-electron chi connectivity index (χ1n) is 8.35. The Hall–Kier alpha value is -1.82. The summed E-state index contributed by atoms with van der Waals surface area (Å²) in [6.45, 7) is 3.86. The Morgan fingerprint density at radius 3 is 1.70 bits per heavy atom. The average molecular weight is 493 g/mol. The zero-order chi connectivity index (χ0) is 23.2. The van der Waals surface area contributed by atoms with E-state index in [0.29, 0.717) is 0 Å². The molecular formula is C16H20Cl3NO10. The highest BCUT2D eigenvalue weighted by Gasteiger charge is 2.54. The van der Waals surface area contributed by atoms with Crippen LogP contribution in [0.1, 0.15) is 27.7 Å². The molecule has 0 aliphatic carbocycles. The molecule has 0 saturated carbocycles. The Morgan fingerprint density at radius 1 is 0.800 bits per heavy atom. The summed E-state index contributed by atoms with van der Waals surface area (Å²) in [5, 5.41) is 7.74. The van der Waals surface area contributed by atoms with E-state index < -0.39 is 70.9 Å². The summed E-state index contributed by atoms with van der Waals surface area (Å²) >= 11 is 16.8. The van der Waals surface area contributed by atoms with Crippen LogP contribution in [0, 0.1) is 5.41 Å². The first-order chi connectivity index (χ1) is 13.7. The van der Waals surface area contributed by atoms with E-state index in [1.807, 2.05) is 0 Å². The van der Waals surface area contributed by atoms with Gasteiger partial charge in [0.1, 0.15) is 12.7 Å². The molecule has 1 fully saturated rings. The number of alkyl halides is 3. The minimum atomic E-state index is -2.29. The van der Waals surface area contributed by atoms with Gasteiger partial charge in [-0.1, -0.05) is 34.8 Å². The van der Waals surface area contributed by atoms with E-state index in [2.05, 4.69) is 0 Å². The normalized spacial score (nSPS) is 26.2. The van der Waals surface area contributed by atoms with Gasteiger partial charge in [0, 0.05) is 27.7 Å². The van der Waals surface area contributed by atoms with Crippen molar-refractivity contribution < 1.29 is 47.6 Å². The number of carbonyl (C=O) groups excluding carboxylic acids is 4. The van der Waals surface area contributed by atoms with Crippen molar-refractivity contribution in [3.63, 3.8) is 0 Å². The minimum Gasteiger partial charge on any atom is -0.463 e. The molecule has 0 aromatic heterocycles. The maximum atomic E-state index is 11.7. The molecule has 1 rings (SSSR count). The number of halogens is 3. The predicted molar refractivity (Wildman–Crippen MR) is 101 cm³/mol. The fraction of sp³-hybridized carbons (Fsp3) is 0.688. The second-order valence-electron chi connectivity index (χ2n) is 6.01. The third-order valence-corrected chi connectivity index (χ3v) is 3.95. The van der Waals surface area contributed by atoms with Crippen molar-refractivity contribution >= 4 is 64.6 Å². The van der Waals surface area contributed by atoms with E-state index >= 15 is 0 Å². The Bertz CT molecular complexity index is 695. The van der Waals surface area contributed by atoms with Crippen molar-refractivity contribution in [3.05, 3.63) is 0 Å². The molecule has 170 valence electrons. The number of hydrogen-bond acceptors (Lipinski definition) is 11. The summed E-state index contributed by atoms with van der Waals surface area (Å²) in [4.78, 5) is 46.1. The number of hydrogen-bond donors (Lipinski definition) is 1. The number of esters is 4. The quantitative estimate of drug-likeness (QED) is 0.190. The van der Waals surface area contributed by atoms with Gasteiger partial charge in [-0.15, -0.1) is 0 Å². The highest BCUT2D eigenvalue weighted by atomic mass is 35.6. The van der Waals surface area contributed by atoms with Gasteiger partial charge in [0.25, 0.3) is 3.79 Å². The SMILES string of the molecule is CC(=O)OCC1O[C@H](OC(=N)C(Cl)(Cl)Cl)C(OC(C)=O)C(OC(C)=O)[C@@H]1OC(C)=O. The van der Waals surface area contributed by atoms with Gasteiger partial charge in [-0.2, -0.15) is 0 Å². The van der Waals surface area contributed by atoms with E-state index in [1.165, 1.54) is 0 Å². The Labute approximate surface area is 186 Å². The minimum absolute atomic E-state index is 0.460. The Morgan fingerprint density at radius 2 is 1.27 bits per heavy atom. The fourth-order valence-electron chi connectivity index (χ4n) is 2.47. The van der Waals surface area contributed by atoms with Crippen LogP contribution in [0.4, 0.5) is 0 Å². The van der Waals surface area contributed by atoms with E-state index in [-0.39, 0.29) is 0 Å². The summed E-state index contributed by atoms with van der Waals surface area (Å²) in [5.74, 6) is -4.03. The van der Waals surface area contributed by atoms with Crippen LogP contribution in [-0.4, -0.2) is 70.9 Å². The van der Waals surface area contributed by atoms with Gasteiger partial charge in [0.2, 0.25) is 18.3 Å². The smallest absolute Gasteiger partial charge is 0.303 e. The van der Waals surface area contributed by atoms with Crippen molar-refractivity contribution in [2.24, 2.45) is 0 Å². The van der Waals surface area contributed by atoms with E-state index in [4.69, 9.17) is 68.6 Å². The summed E-state index contributed by atoms with van der Waals surface area (Å²) in [6, 6.07) is 0. The number of ether oxygens (including phenoxy) is 6. The Balaban J connectivity index is 3.37.